The number of pyridine rings is 1. The van der Waals surface area contributed by atoms with Crippen molar-refractivity contribution in [1.29, 1.82) is 0 Å². The van der Waals surface area contributed by atoms with Crippen LogP contribution in [0.25, 0.3) is 16.6 Å². The lowest BCUT2D eigenvalue weighted by molar-refractivity contribution is 0.0294. The van der Waals surface area contributed by atoms with Crippen molar-refractivity contribution in [2.45, 2.75) is 65.2 Å². The fraction of sp³-hybridized carbons (Fsp3) is 0.452. The van der Waals surface area contributed by atoms with E-state index in [0.29, 0.717) is 36.8 Å². The van der Waals surface area contributed by atoms with E-state index in [1.165, 1.54) is 9.80 Å². The molecular formula is C31H39N7O5. The first-order chi connectivity index (χ1) is 20.4. The third kappa shape index (κ3) is 6.80. The van der Waals surface area contributed by atoms with Crippen molar-refractivity contribution in [3.05, 3.63) is 59.9 Å². The van der Waals surface area contributed by atoms with Gasteiger partial charge < -0.3 is 25.2 Å². The fourth-order valence-electron chi connectivity index (χ4n) is 5.22. The summed E-state index contributed by atoms with van der Waals surface area (Å²) in [5.41, 5.74) is 2.45. The molecule has 0 bridgehead atoms. The molecule has 0 spiro atoms. The van der Waals surface area contributed by atoms with Crippen molar-refractivity contribution in [3.63, 3.8) is 0 Å². The number of aliphatic hydroxyl groups is 1. The number of benzene rings is 1. The van der Waals surface area contributed by atoms with Gasteiger partial charge in [0.2, 0.25) is 0 Å². The standard InChI is InChI=1S/C31H39N7O5/c1-19(2)23-16-34-38-27(13-26(35-28(23)38)33-15-22-10-11-36(29(40)41)18-25(22)39)37(30(42)43-31(3,4)5)17-20-12-21-8-6-7-9-24(21)32-14-20/h6-9,12-14,16,19,22,25,39H,10-11,15,17-18H2,1-5H3,(H,33,35)(H,40,41)/t22-,25+/m1/s1. The second kappa shape index (κ2) is 12.0. The van der Waals surface area contributed by atoms with Crippen LogP contribution in [0.5, 0.6) is 0 Å². The van der Waals surface area contributed by atoms with Crippen molar-refractivity contribution in [1.82, 2.24) is 24.5 Å². The van der Waals surface area contributed by atoms with Crippen LogP contribution in [0, 0.1) is 5.92 Å². The van der Waals surface area contributed by atoms with Crippen molar-refractivity contribution in [2.75, 3.05) is 29.9 Å². The zero-order chi connectivity index (χ0) is 30.9. The first kappa shape index (κ1) is 30.0. The molecule has 0 aliphatic carbocycles. The summed E-state index contributed by atoms with van der Waals surface area (Å²) in [5.74, 6) is 0.915. The number of para-hydroxylation sites is 1. The highest BCUT2D eigenvalue weighted by Gasteiger charge is 2.31. The lowest BCUT2D eigenvalue weighted by atomic mass is 9.94. The van der Waals surface area contributed by atoms with E-state index in [0.717, 1.165) is 22.0 Å². The Bertz CT molecular complexity index is 1630. The molecule has 1 fully saturated rings. The molecule has 0 saturated carbocycles. The van der Waals surface area contributed by atoms with Crippen LogP contribution in [0.15, 0.2) is 48.8 Å². The van der Waals surface area contributed by atoms with Gasteiger partial charge in [0.1, 0.15) is 17.2 Å². The lowest BCUT2D eigenvalue weighted by Crippen LogP contribution is -2.47. The third-order valence-electron chi connectivity index (χ3n) is 7.52. The third-order valence-corrected chi connectivity index (χ3v) is 7.52. The molecule has 1 saturated heterocycles. The molecule has 3 aromatic heterocycles. The number of piperidine rings is 1. The van der Waals surface area contributed by atoms with Crippen LogP contribution in [0.1, 0.15) is 58.1 Å². The minimum absolute atomic E-state index is 0.0612. The van der Waals surface area contributed by atoms with E-state index < -0.39 is 23.9 Å². The molecule has 1 aromatic carbocycles. The van der Waals surface area contributed by atoms with Gasteiger partial charge >= 0.3 is 12.2 Å². The Morgan fingerprint density at radius 3 is 2.65 bits per heavy atom. The first-order valence-corrected chi connectivity index (χ1v) is 14.5. The van der Waals surface area contributed by atoms with Gasteiger partial charge in [-0.1, -0.05) is 32.0 Å². The molecule has 5 rings (SSSR count). The number of carboxylic acid groups (broad SMARTS) is 1. The van der Waals surface area contributed by atoms with Gasteiger partial charge in [-0.15, -0.1) is 0 Å². The van der Waals surface area contributed by atoms with Crippen LogP contribution in [0.4, 0.5) is 21.2 Å². The maximum absolute atomic E-state index is 13.8. The number of hydrogen-bond acceptors (Lipinski definition) is 8. The van der Waals surface area contributed by atoms with Gasteiger partial charge in [-0.25, -0.2) is 14.6 Å². The smallest absolute Gasteiger partial charge is 0.416 e. The number of rotatable bonds is 7. The molecule has 2 amide bonds. The van der Waals surface area contributed by atoms with E-state index in [1.54, 1.807) is 23.0 Å². The molecule has 0 unspecified atom stereocenters. The van der Waals surface area contributed by atoms with E-state index in [1.807, 2.05) is 51.1 Å². The Hall–Kier alpha value is -4.45. The quantitative estimate of drug-likeness (QED) is 0.267. The Labute approximate surface area is 250 Å². The summed E-state index contributed by atoms with van der Waals surface area (Å²) in [6.07, 6.45) is 1.64. The van der Waals surface area contributed by atoms with Gasteiger partial charge in [0, 0.05) is 42.2 Å². The van der Waals surface area contributed by atoms with E-state index in [-0.39, 0.29) is 24.9 Å². The molecule has 1 aliphatic rings. The van der Waals surface area contributed by atoms with Crippen molar-refractivity contribution < 1.29 is 24.5 Å². The molecule has 4 heterocycles. The van der Waals surface area contributed by atoms with E-state index in [4.69, 9.17) is 9.72 Å². The van der Waals surface area contributed by atoms with E-state index >= 15 is 0 Å². The van der Waals surface area contributed by atoms with Crippen molar-refractivity contribution >= 4 is 40.4 Å². The number of β-amino-alcohol motifs (C(OH)–C–C–N with tert-alkyl or cyclic N) is 1. The summed E-state index contributed by atoms with van der Waals surface area (Å²) in [5, 5.41) is 28.8. The van der Waals surface area contributed by atoms with Crippen LogP contribution in [0.2, 0.25) is 0 Å². The highest BCUT2D eigenvalue weighted by atomic mass is 16.6. The Balaban J connectivity index is 1.52. The molecule has 12 heteroatoms. The monoisotopic (exact) mass is 589 g/mol. The number of aliphatic hydroxyl groups excluding tert-OH is 1. The summed E-state index contributed by atoms with van der Waals surface area (Å²) in [6.45, 7) is 10.5. The Kier molecular flexibility index (Phi) is 8.41. The Morgan fingerprint density at radius 2 is 1.95 bits per heavy atom. The second-order valence-corrected chi connectivity index (χ2v) is 12.3. The average Bonchev–Trinajstić information content (AvgIpc) is 3.38. The number of likely N-dealkylation sites (tertiary alicyclic amines) is 1. The zero-order valence-corrected chi connectivity index (χ0v) is 25.2. The topological polar surface area (TPSA) is 145 Å². The van der Waals surface area contributed by atoms with Gasteiger partial charge in [0.15, 0.2) is 5.65 Å². The summed E-state index contributed by atoms with van der Waals surface area (Å²) in [6, 6.07) is 11.6. The van der Waals surface area contributed by atoms with Crippen LogP contribution in [-0.2, 0) is 11.3 Å². The number of hydrogen-bond donors (Lipinski definition) is 3. The predicted molar refractivity (Wildman–Crippen MR) is 163 cm³/mol. The number of aromatic nitrogens is 4. The molecular weight excluding hydrogens is 550 g/mol. The van der Waals surface area contributed by atoms with Gasteiger partial charge in [-0.2, -0.15) is 9.61 Å². The molecule has 4 aromatic rings. The number of nitrogens with one attached hydrogen (secondary N) is 1. The average molecular weight is 590 g/mol. The van der Waals surface area contributed by atoms with Crippen LogP contribution in [-0.4, -0.2) is 78.2 Å². The fourth-order valence-corrected chi connectivity index (χ4v) is 5.22. The number of amides is 2. The number of carbonyl (C=O) groups excluding carboxylic acids is 1. The minimum atomic E-state index is -1.03. The van der Waals surface area contributed by atoms with Gasteiger partial charge in [0.05, 0.1) is 30.9 Å². The molecule has 43 heavy (non-hydrogen) atoms. The normalized spacial score (nSPS) is 17.4. The number of carbonyl (C=O) groups is 2. The van der Waals surface area contributed by atoms with Crippen LogP contribution >= 0.6 is 0 Å². The number of fused-ring (bicyclic) bond motifs is 2. The molecule has 2 atom stereocenters. The molecule has 1 aliphatic heterocycles. The van der Waals surface area contributed by atoms with Crippen LogP contribution in [0.3, 0.4) is 0 Å². The SMILES string of the molecule is CC(C)c1cnn2c(N(Cc3cnc4ccccc4c3)C(=O)OC(C)(C)C)cc(NC[C@H]3CCN(C(=O)O)C[C@@H]3O)nc12. The van der Waals surface area contributed by atoms with Crippen molar-refractivity contribution in [2.24, 2.45) is 5.92 Å². The van der Waals surface area contributed by atoms with Crippen LogP contribution < -0.4 is 10.2 Å². The summed E-state index contributed by atoms with van der Waals surface area (Å²) >= 11 is 0. The molecule has 228 valence electrons. The summed E-state index contributed by atoms with van der Waals surface area (Å²) in [7, 11) is 0. The first-order valence-electron chi connectivity index (χ1n) is 14.5. The lowest BCUT2D eigenvalue weighted by Gasteiger charge is -2.34. The van der Waals surface area contributed by atoms with Gasteiger partial charge in [0.25, 0.3) is 0 Å². The predicted octanol–water partition coefficient (Wildman–Crippen LogP) is 5.12. The maximum atomic E-state index is 13.8. The van der Waals surface area contributed by atoms with Gasteiger partial charge in [-0.05, 0) is 50.8 Å². The van der Waals surface area contributed by atoms with Crippen molar-refractivity contribution in [3.8, 4) is 0 Å². The van der Waals surface area contributed by atoms with E-state index in [2.05, 4.69) is 29.2 Å². The largest absolute Gasteiger partial charge is 0.465 e. The minimum Gasteiger partial charge on any atom is -0.465 e. The molecule has 3 N–H and O–H groups in total. The highest BCUT2D eigenvalue weighted by Crippen LogP contribution is 2.29. The number of nitrogens with zero attached hydrogens (tertiary/aromatic N) is 6. The maximum Gasteiger partial charge on any atom is 0.416 e. The second-order valence-electron chi connectivity index (χ2n) is 12.3. The Morgan fingerprint density at radius 1 is 1.19 bits per heavy atom. The number of ether oxygens (including phenoxy) is 1. The zero-order valence-electron chi connectivity index (χ0n) is 25.2. The molecule has 12 nitrogen and oxygen atoms in total. The summed E-state index contributed by atoms with van der Waals surface area (Å²) in [4.78, 5) is 37.3. The highest BCUT2D eigenvalue weighted by molar-refractivity contribution is 5.88. The summed E-state index contributed by atoms with van der Waals surface area (Å²) < 4.78 is 7.51. The van der Waals surface area contributed by atoms with E-state index in [9.17, 15) is 19.8 Å². The number of anilines is 2. The molecule has 0 radical (unpaired) electrons. The van der Waals surface area contributed by atoms with Gasteiger partial charge in [-0.3, -0.25) is 9.88 Å².